The van der Waals surface area contributed by atoms with Crippen molar-refractivity contribution in [1.82, 2.24) is 10.3 Å². The maximum atomic E-state index is 4.51. The third-order valence-electron chi connectivity index (χ3n) is 3.78. The summed E-state index contributed by atoms with van der Waals surface area (Å²) in [5.41, 5.74) is 2.39. The number of halogens is 1. The minimum atomic E-state index is 0.908. The summed E-state index contributed by atoms with van der Waals surface area (Å²) in [4.78, 5) is 4.51. The lowest BCUT2D eigenvalue weighted by atomic mass is 10.1. The van der Waals surface area contributed by atoms with Crippen LogP contribution in [0.25, 0.3) is 10.9 Å². The van der Waals surface area contributed by atoms with E-state index >= 15 is 0 Å². The summed E-state index contributed by atoms with van der Waals surface area (Å²) in [6.45, 7) is 2.02. The zero-order valence-corrected chi connectivity index (χ0v) is 12.6. The molecule has 19 heavy (non-hydrogen) atoms. The van der Waals surface area contributed by atoms with Crippen molar-refractivity contribution < 1.29 is 0 Å². The monoisotopic (exact) mass is 318 g/mol. The minimum absolute atomic E-state index is 0.908. The van der Waals surface area contributed by atoms with Crippen LogP contribution in [0, 0.1) is 5.92 Å². The molecule has 1 saturated carbocycles. The van der Waals surface area contributed by atoms with Crippen molar-refractivity contribution in [3.8, 4) is 0 Å². The van der Waals surface area contributed by atoms with Gasteiger partial charge in [0.1, 0.15) is 0 Å². The highest BCUT2D eigenvalue weighted by molar-refractivity contribution is 9.10. The van der Waals surface area contributed by atoms with E-state index in [9.17, 15) is 0 Å². The first-order valence-corrected chi connectivity index (χ1v) is 7.87. The van der Waals surface area contributed by atoms with Gasteiger partial charge < -0.3 is 5.32 Å². The van der Waals surface area contributed by atoms with Crippen molar-refractivity contribution in [2.24, 2.45) is 5.92 Å². The largest absolute Gasteiger partial charge is 0.313 e. The molecule has 1 aliphatic carbocycles. The van der Waals surface area contributed by atoms with Crippen LogP contribution in [-0.4, -0.2) is 11.5 Å². The lowest BCUT2D eigenvalue weighted by molar-refractivity contribution is 0.595. The average molecular weight is 319 g/mol. The van der Waals surface area contributed by atoms with Gasteiger partial charge in [-0.3, -0.25) is 4.98 Å². The number of aromatic nitrogens is 1. The van der Waals surface area contributed by atoms with Crippen LogP contribution in [0.2, 0.25) is 0 Å². The average Bonchev–Trinajstić information content (AvgIpc) is 3.25. The topological polar surface area (TPSA) is 24.9 Å². The van der Waals surface area contributed by atoms with Gasteiger partial charge in [0.25, 0.3) is 0 Å². The van der Waals surface area contributed by atoms with Crippen LogP contribution in [0.5, 0.6) is 0 Å². The van der Waals surface area contributed by atoms with Gasteiger partial charge in [0, 0.05) is 22.6 Å². The molecule has 0 atom stereocenters. The Kier molecular flexibility index (Phi) is 4.14. The zero-order chi connectivity index (χ0) is 13.1. The maximum absolute atomic E-state index is 4.51. The standard InChI is InChI=1S/C16H19BrN2/c17-15-8-7-13(16-14(15)4-2-10-19-16)11-18-9-1-3-12-5-6-12/h2,4,7-8,10,12,18H,1,3,5-6,9,11H2. The van der Waals surface area contributed by atoms with Crippen molar-refractivity contribution >= 4 is 26.8 Å². The Hall–Kier alpha value is -0.930. The van der Waals surface area contributed by atoms with Crippen LogP contribution in [0.1, 0.15) is 31.2 Å². The molecule has 0 aliphatic heterocycles. The van der Waals surface area contributed by atoms with E-state index in [1.54, 1.807) is 0 Å². The van der Waals surface area contributed by atoms with E-state index in [0.29, 0.717) is 0 Å². The number of nitrogens with zero attached hydrogens (tertiary/aromatic N) is 1. The number of nitrogens with one attached hydrogen (secondary N) is 1. The van der Waals surface area contributed by atoms with Crippen LogP contribution in [0.15, 0.2) is 34.9 Å². The Morgan fingerprint density at radius 1 is 1.26 bits per heavy atom. The Balaban J connectivity index is 1.61. The summed E-state index contributed by atoms with van der Waals surface area (Å²) in [5.74, 6) is 1.04. The molecule has 0 amide bonds. The fourth-order valence-corrected chi connectivity index (χ4v) is 2.94. The molecule has 0 bridgehead atoms. The molecule has 1 N–H and O–H groups in total. The first kappa shape index (κ1) is 13.1. The number of pyridine rings is 1. The molecule has 1 heterocycles. The zero-order valence-electron chi connectivity index (χ0n) is 11.0. The SMILES string of the molecule is Brc1ccc(CNCCCC2CC2)c2ncccc12. The molecule has 0 saturated heterocycles. The molecule has 3 heteroatoms. The van der Waals surface area contributed by atoms with E-state index in [4.69, 9.17) is 0 Å². The minimum Gasteiger partial charge on any atom is -0.313 e. The lowest BCUT2D eigenvalue weighted by Crippen LogP contribution is -2.15. The lowest BCUT2D eigenvalue weighted by Gasteiger charge is -2.08. The van der Waals surface area contributed by atoms with E-state index in [0.717, 1.165) is 29.0 Å². The number of hydrogen-bond acceptors (Lipinski definition) is 2. The molecule has 2 nitrogen and oxygen atoms in total. The Morgan fingerprint density at radius 2 is 2.16 bits per heavy atom. The molecule has 1 aromatic heterocycles. The van der Waals surface area contributed by atoms with Gasteiger partial charge in [-0.2, -0.15) is 0 Å². The highest BCUT2D eigenvalue weighted by Gasteiger charge is 2.19. The second kappa shape index (κ2) is 6.02. The molecule has 1 aromatic carbocycles. The van der Waals surface area contributed by atoms with Crippen LogP contribution >= 0.6 is 15.9 Å². The van der Waals surface area contributed by atoms with E-state index < -0.39 is 0 Å². The van der Waals surface area contributed by atoms with Crippen LogP contribution in [0.3, 0.4) is 0 Å². The molecule has 0 spiro atoms. The van der Waals surface area contributed by atoms with E-state index in [-0.39, 0.29) is 0 Å². The Bertz CT molecular complexity index is 564. The molecule has 3 rings (SSSR count). The third-order valence-corrected chi connectivity index (χ3v) is 4.47. The van der Waals surface area contributed by atoms with E-state index in [1.807, 2.05) is 12.3 Å². The maximum Gasteiger partial charge on any atom is 0.0758 e. The highest BCUT2D eigenvalue weighted by Crippen LogP contribution is 2.33. The van der Waals surface area contributed by atoms with Gasteiger partial charge in [0.2, 0.25) is 0 Å². The molecular formula is C16H19BrN2. The van der Waals surface area contributed by atoms with Crippen molar-refractivity contribution in [1.29, 1.82) is 0 Å². The van der Waals surface area contributed by atoms with Gasteiger partial charge in [-0.25, -0.2) is 0 Å². The third kappa shape index (κ3) is 3.34. The Morgan fingerprint density at radius 3 is 3.00 bits per heavy atom. The molecular weight excluding hydrogens is 300 g/mol. The molecule has 2 aromatic rings. The number of benzene rings is 1. The number of fused-ring (bicyclic) bond motifs is 1. The highest BCUT2D eigenvalue weighted by atomic mass is 79.9. The first-order valence-electron chi connectivity index (χ1n) is 7.07. The number of hydrogen-bond donors (Lipinski definition) is 1. The molecule has 1 aliphatic rings. The van der Waals surface area contributed by atoms with Gasteiger partial charge >= 0.3 is 0 Å². The smallest absolute Gasteiger partial charge is 0.0758 e. The summed E-state index contributed by atoms with van der Waals surface area (Å²) in [7, 11) is 0. The molecule has 0 radical (unpaired) electrons. The summed E-state index contributed by atoms with van der Waals surface area (Å²) in [6.07, 6.45) is 7.48. The summed E-state index contributed by atoms with van der Waals surface area (Å²) >= 11 is 3.59. The van der Waals surface area contributed by atoms with Gasteiger partial charge in [-0.1, -0.05) is 40.9 Å². The Labute approximate surface area is 122 Å². The number of rotatable bonds is 6. The normalized spacial score (nSPS) is 15.0. The van der Waals surface area contributed by atoms with Crippen molar-refractivity contribution in [2.75, 3.05) is 6.54 Å². The summed E-state index contributed by atoms with van der Waals surface area (Å²) in [5, 5.41) is 4.74. The fraction of sp³-hybridized carbons (Fsp3) is 0.438. The van der Waals surface area contributed by atoms with E-state index in [1.165, 1.54) is 36.6 Å². The van der Waals surface area contributed by atoms with E-state index in [2.05, 4.69) is 44.4 Å². The van der Waals surface area contributed by atoms with Gasteiger partial charge in [0.05, 0.1) is 5.52 Å². The van der Waals surface area contributed by atoms with Crippen LogP contribution < -0.4 is 5.32 Å². The first-order chi connectivity index (χ1) is 9.34. The van der Waals surface area contributed by atoms with Gasteiger partial charge in [-0.05, 0) is 43.0 Å². The van der Waals surface area contributed by atoms with Gasteiger partial charge in [0.15, 0.2) is 0 Å². The van der Waals surface area contributed by atoms with Crippen molar-refractivity contribution in [3.05, 3.63) is 40.5 Å². The predicted molar refractivity (Wildman–Crippen MR) is 83.1 cm³/mol. The fourth-order valence-electron chi connectivity index (χ4n) is 2.48. The second-order valence-electron chi connectivity index (χ2n) is 5.37. The van der Waals surface area contributed by atoms with Crippen LogP contribution in [-0.2, 0) is 6.54 Å². The molecule has 100 valence electrons. The second-order valence-corrected chi connectivity index (χ2v) is 6.22. The van der Waals surface area contributed by atoms with Crippen molar-refractivity contribution in [2.45, 2.75) is 32.2 Å². The molecule has 1 fully saturated rings. The summed E-state index contributed by atoms with van der Waals surface area (Å²) < 4.78 is 1.12. The molecule has 0 unspecified atom stereocenters. The summed E-state index contributed by atoms with van der Waals surface area (Å²) in [6, 6.07) is 8.38. The predicted octanol–water partition coefficient (Wildman–Crippen LogP) is 4.28. The van der Waals surface area contributed by atoms with Crippen molar-refractivity contribution in [3.63, 3.8) is 0 Å². The van der Waals surface area contributed by atoms with Crippen LogP contribution in [0.4, 0.5) is 0 Å². The van der Waals surface area contributed by atoms with Gasteiger partial charge in [-0.15, -0.1) is 0 Å². The quantitative estimate of drug-likeness (QED) is 0.804.